The van der Waals surface area contributed by atoms with E-state index in [-0.39, 0.29) is 11.9 Å². The molecule has 0 saturated carbocycles. The van der Waals surface area contributed by atoms with Gasteiger partial charge < -0.3 is 49.1 Å². The molecule has 0 aliphatic carbocycles. The Morgan fingerprint density at radius 1 is 0.857 bits per heavy atom. The SMILES string of the molecule is CC(C)[C@H](N)C(=O)O.C[C@@H](O)[C@H](N)C(=O)O.NC(N)=NCCC[C@@H](N)C(=O)O. The summed E-state index contributed by atoms with van der Waals surface area (Å²) in [5.74, 6) is -3.08. The van der Waals surface area contributed by atoms with Crippen LogP contribution in [0.1, 0.15) is 33.6 Å². The van der Waals surface area contributed by atoms with Crippen molar-refractivity contribution >= 4 is 23.9 Å². The van der Waals surface area contributed by atoms with Crippen molar-refractivity contribution in [1.82, 2.24) is 0 Å². The van der Waals surface area contributed by atoms with E-state index in [1.807, 2.05) is 0 Å². The summed E-state index contributed by atoms with van der Waals surface area (Å²) in [6, 6.07) is -2.69. The van der Waals surface area contributed by atoms with Gasteiger partial charge in [-0.3, -0.25) is 19.4 Å². The summed E-state index contributed by atoms with van der Waals surface area (Å²) in [4.78, 5) is 33.8. The summed E-state index contributed by atoms with van der Waals surface area (Å²) in [6.07, 6.45) is -0.0233. The van der Waals surface area contributed by atoms with E-state index in [0.29, 0.717) is 19.4 Å². The van der Waals surface area contributed by atoms with Gasteiger partial charge in [0.05, 0.1) is 6.10 Å². The van der Waals surface area contributed by atoms with Crippen molar-refractivity contribution in [3.8, 4) is 0 Å². The molecule has 0 bridgehead atoms. The molecule has 0 rings (SSSR count). The van der Waals surface area contributed by atoms with Crippen LogP contribution >= 0.6 is 0 Å². The molecule has 0 amide bonds. The number of hydrogen-bond acceptors (Lipinski definition) is 8. The van der Waals surface area contributed by atoms with Crippen LogP contribution in [0.5, 0.6) is 0 Å². The van der Waals surface area contributed by atoms with Crippen LogP contribution in [0.2, 0.25) is 0 Å². The van der Waals surface area contributed by atoms with Crippen molar-refractivity contribution in [1.29, 1.82) is 0 Å². The highest BCUT2D eigenvalue weighted by Crippen LogP contribution is 1.96. The number of hydrogen-bond donors (Lipinski definition) is 9. The zero-order valence-corrected chi connectivity index (χ0v) is 16.4. The number of aliphatic hydroxyl groups is 1. The maximum absolute atomic E-state index is 10.2. The van der Waals surface area contributed by atoms with Gasteiger partial charge in [-0.2, -0.15) is 0 Å². The van der Waals surface area contributed by atoms with Crippen molar-refractivity contribution in [3.63, 3.8) is 0 Å². The molecule has 0 aliphatic heterocycles. The van der Waals surface area contributed by atoms with E-state index in [2.05, 4.69) is 4.99 Å². The van der Waals surface area contributed by atoms with E-state index in [0.717, 1.165) is 0 Å². The Labute approximate surface area is 163 Å². The van der Waals surface area contributed by atoms with E-state index >= 15 is 0 Å². The largest absolute Gasteiger partial charge is 0.480 e. The van der Waals surface area contributed by atoms with Crippen molar-refractivity contribution in [2.24, 2.45) is 39.6 Å². The van der Waals surface area contributed by atoms with E-state index < -0.39 is 42.1 Å². The minimum atomic E-state index is -1.18. The number of rotatable bonds is 9. The molecule has 14 N–H and O–H groups in total. The Bertz CT molecular complexity index is 471. The first-order valence-electron chi connectivity index (χ1n) is 8.33. The number of carboxylic acid groups (broad SMARTS) is 3. The van der Waals surface area contributed by atoms with Crippen LogP contribution in [0.15, 0.2) is 4.99 Å². The summed E-state index contributed by atoms with van der Waals surface area (Å²) in [5, 5.41) is 33.2. The smallest absolute Gasteiger partial charge is 0.323 e. The number of aliphatic hydroxyl groups excluding tert-OH is 1. The van der Waals surface area contributed by atoms with Gasteiger partial charge in [-0.1, -0.05) is 13.8 Å². The second-order valence-corrected chi connectivity index (χ2v) is 6.11. The number of carboxylic acids is 3. The fourth-order valence-electron chi connectivity index (χ4n) is 1.13. The lowest BCUT2D eigenvalue weighted by atomic mass is 10.1. The normalized spacial score (nSPS) is 14.1. The van der Waals surface area contributed by atoms with Gasteiger partial charge in [0.1, 0.15) is 18.1 Å². The molecule has 0 saturated heterocycles. The van der Waals surface area contributed by atoms with Crippen LogP contribution in [0.25, 0.3) is 0 Å². The fraction of sp³-hybridized carbons (Fsp3) is 0.733. The Morgan fingerprint density at radius 3 is 1.46 bits per heavy atom. The molecule has 0 fully saturated rings. The highest BCUT2D eigenvalue weighted by Gasteiger charge is 2.16. The van der Waals surface area contributed by atoms with Crippen LogP contribution in [-0.4, -0.2) is 75.1 Å². The highest BCUT2D eigenvalue weighted by molar-refractivity contribution is 5.75. The van der Waals surface area contributed by atoms with Gasteiger partial charge in [0.25, 0.3) is 0 Å². The van der Waals surface area contributed by atoms with E-state index in [1.54, 1.807) is 13.8 Å². The highest BCUT2D eigenvalue weighted by atomic mass is 16.4. The monoisotopic (exact) mass is 410 g/mol. The average molecular weight is 410 g/mol. The number of carbonyl (C=O) groups is 3. The van der Waals surface area contributed by atoms with Crippen LogP contribution in [0.3, 0.4) is 0 Å². The maximum atomic E-state index is 10.2. The predicted octanol–water partition coefficient (Wildman–Crippen LogP) is -2.71. The molecule has 166 valence electrons. The van der Waals surface area contributed by atoms with Crippen LogP contribution < -0.4 is 28.7 Å². The van der Waals surface area contributed by atoms with E-state index in [9.17, 15) is 14.4 Å². The van der Waals surface area contributed by atoms with Gasteiger partial charge in [0.15, 0.2) is 5.96 Å². The molecule has 0 aromatic heterocycles. The molecule has 0 spiro atoms. The lowest BCUT2D eigenvalue weighted by Crippen LogP contribution is -2.39. The molecule has 4 atom stereocenters. The van der Waals surface area contributed by atoms with Gasteiger partial charge in [0.2, 0.25) is 0 Å². The van der Waals surface area contributed by atoms with Gasteiger partial charge in [-0.05, 0) is 25.7 Å². The first-order valence-corrected chi connectivity index (χ1v) is 8.33. The van der Waals surface area contributed by atoms with Crippen molar-refractivity contribution in [2.45, 2.75) is 57.8 Å². The molecule has 0 aromatic rings. The first kappa shape index (κ1) is 30.3. The third kappa shape index (κ3) is 19.8. The second kappa shape index (κ2) is 16.7. The standard InChI is InChI=1S/C6H14N4O2.C5H11NO2.C4H9NO3/c7-4(5(11)12)2-1-3-10-6(8)9;1-3(2)4(6)5(7)8;1-2(6)3(5)4(7)8/h4H,1-3,7H2,(H,11,12)(H4,8,9,10);3-4H,6H2,1-2H3,(H,7,8);2-3,6H,5H2,1H3,(H,7,8)/t2*4-;2-,3+/m101/s1. The van der Waals surface area contributed by atoms with Crippen molar-refractivity contribution < 1.29 is 34.8 Å². The summed E-state index contributed by atoms with van der Waals surface area (Å²) in [6.45, 7) is 5.31. The predicted molar refractivity (Wildman–Crippen MR) is 103 cm³/mol. The Balaban J connectivity index is -0.000000347. The summed E-state index contributed by atoms with van der Waals surface area (Å²) >= 11 is 0. The molecule has 13 heteroatoms. The van der Waals surface area contributed by atoms with Crippen molar-refractivity contribution in [2.75, 3.05) is 6.54 Å². The fourth-order valence-corrected chi connectivity index (χ4v) is 1.13. The third-order valence-corrected chi connectivity index (χ3v) is 3.09. The molecule has 0 unspecified atom stereocenters. The topological polar surface area (TPSA) is 275 Å². The molecule has 0 aliphatic rings. The van der Waals surface area contributed by atoms with E-state index in [1.165, 1.54) is 6.92 Å². The van der Waals surface area contributed by atoms with Crippen LogP contribution in [0.4, 0.5) is 0 Å². The zero-order chi connectivity index (χ0) is 23.0. The number of nitrogens with two attached hydrogens (primary N) is 5. The average Bonchev–Trinajstić information content (AvgIpc) is 2.57. The van der Waals surface area contributed by atoms with Gasteiger partial charge in [-0.25, -0.2) is 0 Å². The quantitative estimate of drug-likeness (QED) is 0.106. The maximum Gasteiger partial charge on any atom is 0.323 e. The number of nitrogens with zero attached hydrogens (tertiary/aromatic N) is 1. The molecule has 0 aromatic carbocycles. The summed E-state index contributed by atoms with van der Waals surface area (Å²) < 4.78 is 0. The van der Waals surface area contributed by atoms with E-state index in [4.69, 9.17) is 49.1 Å². The molecular formula is C15H34N6O7. The first-order chi connectivity index (χ1) is 12.6. The Hall–Kier alpha value is -2.48. The zero-order valence-electron chi connectivity index (χ0n) is 16.4. The minimum absolute atomic E-state index is 0.0129. The Kier molecular flexibility index (Phi) is 18.0. The molecule has 0 radical (unpaired) electrons. The lowest BCUT2D eigenvalue weighted by molar-refractivity contribution is -0.141. The number of aliphatic carboxylic acids is 3. The van der Waals surface area contributed by atoms with Gasteiger partial charge in [-0.15, -0.1) is 0 Å². The molecular weight excluding hydrogens is 376 g/mol. The third-order valence-electron chi connectivity index (χ3n) is 3.09. The van der Waals surface area contributed by atoms with Gasteiger partial charge in [0, 0.05) is 6.54 Å². The number of aliphatic imine (C=N–C) groups is 1. The minimum Gasteiger partial charge on any atom is -0.480 e. The second-order valence-electron chi connectivity index (χ2n) is 6.11. The van der Waals surface area contributed by atoms with Crippen LogP contribution in [-0.2, 0) is 14.4 Å². The van der Waals surface area contributed by atoms with Crippen molar-refractivity contribution in [3.05, 3.63) is 0 Å². The summed E-state index contributed by atoms with van der Waals surface area (Å²) in [5.41, 5.74) is 25.4. The molecule has 28 heavy (non-hydrogen) atoms. The Morgan fingerprint density at radius 2 is 1.29 bits per heavy atom. The number of guanidine groups is 1. The molecule has 13 nitrogen and oxygen atoms in total. The molecule has 0 heterocycles. The lowest BCUT2D eigenvalue weighted by Gasteiger charge is -2.07. The van der Waals surface area contributed by atoms with Gasteiger partial charge >= 0.3 is 17.9 Å². The summed E-state index contributed by atoms with van der Waals surface area (Å²) in [7, 11) is 0. The van der Waals surface area contributed by atoms with Crippen LogP contribution in [0, 0.1) is 5.92 Å².